The number of rotatable bonds is 47. The highest BCUT2D eigenvalue weighted by Gasteiger charge is 2.23. The van der Waals surface area contributed by atoms with Crippen LogP contribution in [-0.4, -0.2) is 46.9 Å². The van der Waals surface area contributed by atoms with E-state index in [-0.39, 0.29) is 24.9 Å². The third kappa shape index (κ3) is 45.6. The molecule has 0 spiro atoms. The summed E-state index contributed by atoms with van der Waals surface area (Å²) in [4.78, 5) is 26.1. The Morgan fingerprint density at radius 1 is 0.500 bits per heavy atom. The van der Waals surface area contributed by atoms with Gasteiger partial charge < -0.3 is 20.3 Å². The summed E-state index contributed by atoms with van der Waals surface area (Å²) in [5, 5.41) is 23.8. The number of carbonyl (C=O) groups excluding carboxylic acids is 2. The first-order chi connectivity index (χ1) is 31.5. The van der Waals surface area contributed by atoms with Crippen LogP contribution in [0, 0.1) is 0 Å². The molecule has 3 unspecified atom stereocenters. The summed E-state index contributed by atoms with van der Waals surface area (Å²) in [6.45, 7) is 6.33. The third-order valence-electron chi connectivity index (χ3n) is 11.7. The van der Waals surface area contributed by atoms with Crippen LogP contribution in [0.3, 0.4) is 0 Å². The number of carbonyl (C=O) groups is 2. The van der Waals surface area contributed by atoms with Crippen molar-refractivity contribution in [2.24, 2.45) is 0 Å². The van der Waals surface area contributed by atoms with Gasteiger partial charge in [-0.1, -0.05) is 241 Å². The molecule has 0 heterocycles. The predicted molar refractivity (Wildman–Crippen MR) is 278 cm³/mol. The van der Waals surface area contributed by atoms with Crippen molar-refractivity contribution in [3.63, 3.8) is 0 Å². The van der Waals surface area contributed by atoms with Gasteiger partial charge in [0.15, 0.2) is 0 Å². The molecule has 368 valence electrons. The lowest BCUT2D eigenvalue weighted by Gasteiger charge is -2.24. The first-order valence-electron chi connectivity index (χ1n) is 26.8. The highest BCUT2D eigenvalue weighted by molar-refractivity contribution is 5.77. The number of ether oxygens (including phenoxy) is 1. The van der Waals surface area contributed by atoms with E-state index in [0.717, 1.165) is 83.5 Å². The number of amides is 1. The monoisotopic (exact) mass is 892 g/mol. The van der Waals surface area contributed by atoms with Crippen LogP contribution in [0.1, 0.15) is 245 Å². The van der Waals surface area contributed by atoms with Gasteiger partial charge in [0.2, 0.25) is 5.91 Å². The summed E-state index contributed by atoms with van der Waals surface area (Å²) in [5.41, 5.74) is 0. The van der Waals surface area contributed by atoms with Crippen LogP contribution in [-0.2, 0) is 14.3 Å². The van der Waals surface area contributed by atoms with E-state index in [2.05, 4.69) is 99.0 Å². The van der Waals surface area contributed by atoms with Gasteiger partial charge in [-0.15, -0.1) is 0 Å². The lowest BCUT2D eigenvalue weighted by molar-refractivity contribution is -0.150. The van der Waals surface area contributed by atoms with Crippen LogP contribution in [0.4, 0.5) is 0 Å². The first-order valence-corrected chi connectivity index (χ1v) is 26.8. The lowest BCUT2D eigenvalue weighted by atomic mass is 10.0. The Morgan fingerprint density at radius 2 is 0.906 bits per heavy atom. The minimum atomic E-state index is -0.820. The SMILES string of the molecule is CC/C=C\C/C=C\C/C=C\C/C=C\C/C=C\CC(CC(=O)NC(CO)C(O)CCCCCCCCCCCCCCCC)OC(=O)CCCCC/C=C/C=C/CCCCCCCCC. The number of unbranched alkanes of at least 4 members (excludes halogenated alkanes) is 23. The topological polar surface area (TPSA) is 95.9 Å². The number of hydrogen-bond acceptors (Lipinski definition) is 5. The quantitative estimate of drug-likeness (QED) is 0.0245. The van der Waals surface area contributed by atoms with Crippen molar-refractivity contribution in [1.82, 2.24) is 5.32 Å². The van der Waals surface area contributed by atoms with Crippen molar-refractivity contribution in [3.8, 4) is 0 Å². The van der Waals surface area contributed by atoms with Gasteiger partial charge >= 0.3 is 5.97 Å². The molecule has 0 aliphatic carbocycles. The second-order valence-corrected chi connectivity index (χ2v) is 17.9. The van der Waals surface area contributed by atoms with Gasteiger partial charge in [-0.2, -0.15) is 0 Å². The summed E-state index contributed by atoms with van der Waals surface area (Å²) in [6.07, 6.45) is 66.6. The zero-order valence-electron chi connectivity index (χ0n) is 41.9. The molecule has 0 radical (unpaired) electrons. The van der Waals surface area contributed by atoms with Crippen LogP contribution in [0.25, 0.3) is 0 Å². The molecule has 3 atom stereocenters. The Balaban J connectivity index is 4.75. The van der Waals surface area contributed by atoms with Crippen LogP contribution >= 0.6 is 0 Å². The van der Waals surface area contributed by atoms with Crippen molar-refractivity contribution in [1.29, 1.82) is 0 Å². The van der Waals surface area contributed by atoms with Gasteiger partial charge in [0.1, 0.15) is 6.10 Å². The highest BCUT2D eigenvalue weighted by Crippen LogP contribution is 2.16. The number of aliphatic hydroxyl groups excluding tert-OH is 2. The second kappa shape index (κ2) is 51.0. The molecule has 0 aromatic carbocycles. The molecule has 0 saturated heterocycles. The van der Waals surface area contributed by atoms with Gasteiger partial charge in [-0.3, -0.25) is 9.59 Å². The Kier molecular flexibility index (Phi) is 48.7. The van der Waals surface area contributed by atoms with E-state index in [0.29, 0.717) is 19.3 Å². The summed E-state index contributed by atoms with van der Waals surface area (Å²) in [7, 11) is 0. The maximum absolute atomic E-state index is 13.2. The fourth-order valence-electron chi connectivity index (χ4n) is 7.68. The van der Waals surface area contributed by atoms with Gasteiger partial charge in [-0.05, 0) is 70.6 Å². The second-order valence-electron chi connectivity index (χ2n) is 17.9. The zero-order valence-corrected chi connectivity index (χ0v) is 41.9. The minimum absolute atomic E-state index is 0.0145. The molecular formula is C58H101NO5. The average Bonchev–Trinajstić information content (AvgIpc) is 3.29. The van der Waals surface area contributed by atoms with E-state index in [1.54, 1.807) is 0 Å². The van der Waals surface area contributed by atoms with E-state index in [9.17, 15) is 19.8 Å². The number of allylic oxidation sites excluding steroid dienone is 13. The van der Waals surface area contributed by atoms with Crippen LogP contribution < -0.4 is 5.32 Å². The molecule has 0 aliphatic rings. The molecule has 0 aliphatic heterocycles. The van der Waals surface area contributed by atoms with Crippen molar-refractivity contribution in [3.05, 3.63) is 85.1 Å². The van der Waals surface area contributed by atoms with Crippen molar-refractivity contribution >= 4 is 11.9 Å². The van der Waals surface area contributed by atoms with E-state index < -0.39 is 18.2 Å². The van der Waals surface area contributed by atoms with Crippen LogP contribution in [0.15, 0.2) is 85.1 Å². The number of aliphatic hydroxyl groups is 2. The van der Waals surface area contributed by atoms with Crippen LogP contribution in [0.2, 0.25) is 0 Å². The molecule has 0 fully saturated rings. The van der Waals surface area contributed by atoms with Gasteiger partial charge in [0.25, 0.3) is 0 Å². The Morgan fingerprint density at radius 3 is 1.36 bits per heavy atom. The third-order valence-corrected chi connectivity index (χ3v) is 11.7. The van der Waals surface area contributed by atoms with Gasteiger partial charge in [0.05, 0.1) is 25.2 Å². The number of nitrogens with one attached hydrogen (secondary N) is 1. The minimum Gasteiger partial charge on any atom is -0.461 e. The maximum atomic E-state index is 13.2. The summed E-state index contributed by atoms with van der Waals surface area (Å²) < 4.78 is 5.86. The molecule has 0 aromatic rings. The van der Waals surface area contributed by atoms with Gasteiger partial charge in [0, 0.05) is 12.8 Å². The molecule has 0 bridgehead atoms. The molecule has 0 saturated carbocycles. The van der Waals surface area contributed by atoms with E-state index in [4.69, 9.17) is 4.74 Å². The van der Waals surface area contributed by atoms with Crippen LogP contribution in [0.5, 0.6) is 0 Å². The summed E-state index contributed by atoms with van der Waals surface area (Å²) >= 11 is 0. The highest BCUT2D eigenvalue weighted by atomic mass is 16.5. The molecule has 6 heteroatoms. The molecule has 64 heavy (non-hydrogen) atoms. The summed E-state index contributed by atoms with van der Waals surface area (Å²) in [6, 6.07) is -0.742. The van der Waals surface area contributed by atoms with Gasteiger partial charge in [-0.25, -0.2) is 0 Å². The zero-order chi connectivity index (χ0) is 46.7. The average molecular weight is 892 g/mol. The number of esters is 1. The van der Waals surface area contributed by atoms with Crippen molar-refractivity contribution in [2.75, 3.05) is 6.61 Å². The molecule has 6 nitrogen and oxygen atoms in total. The summed E-state index contributed by atoms with van der Waals surface area (Å²) in [5.74, 6) is -0.613. The lowest BCUT2D eigenvalue weighted by Crippen LogP contribution is -2.46. The fourth-order valence-corrected chi connectivity index (χ4v) is 7.68. The number of hydrogen-bond donors (Lipinski definition) is 3. The predicted octanol–water partition coefficient (Wildman–Crippen LogP) is 16.3. The standard InChI is InChI=1S/C58H101NO5/c1-4-7-10-13-16-19-22-25-28-30-33-36-39-42-45-48-51-58(63)64-54(49-46-43-40-37-34-31-29-26-23-20-17-14-11-8-5-2)52-57(62)59-55(53-60)56(61)50-47-44-41-38-35-32-27-24-21-18-15-12-9-6-3/h8,11,17,20,26,28-30,33-34,36-37,43,46,54-56,60-61H,4-7,9-10,12-16,18-19,21-25,27,31-32,35,38-42,44-45,47-53H2,1-3H3,(H,59,62)/b11-8-,20-17-,29-26-,30-28+,36-33+,37-34-,46-43-. The smallest absolute Gasteiger partial charge is 0.306 e. The van der Waals surface area contributed by atoms with Crippen molar-refractivity contribution < 1.29 is 24.5 Å². The fraction of sp³-hybridized carbons (Fsp3) is 0.724. The Labute approximate surface area is 395 Å². The maximum Gasteiger partial charge on any atom is 0.306 e. The normalized spacial score (nSPS) is 13.9. The Bertz CT molecular complexity index is 1230. The van der Waals surface area contributed by atoms with E-state index >= 15 is 0 Å². The first kappa shape index (κ1) is 61.0. The molecular weight excluding hydrogens is 791 g/mol. The molecule has 3 N–H and O–H groups in total. The largest absolute Gasteiger partial charge is 0.461 e. The molecule has 1 amide bonds. The van der Waals surface area contributed by atoms with E-state index in [1.807, 2.05) is 12.2 Å². The van der Waals surface area contributed by atoms with Crippen molar-refractivity contribution in [2.45, 2.75) is 264 Å². The molecule has 0 aromatic heterocycles. The Hall–Kier alpha value is -2.96. The molecule has 0 rings (SSSR count). The van der Waals surface area contributed by atoms with E-state index in [1.165, 1.54) is 116 Å².